The molecule has 0 radical (unpaired) electrons. The Bertz CT molecular complexity index is 946. The third-order valence-corrected chi connectivity index (χ3v) is 6.49. The monoisotopic (exact) mass is 515 g/mol. The Morgan fingerprint density at radius 3 is 2.34 bits per heavy atom. The molecule has 0 saturated heterocycles. The van der Waals surface area contributed by atoms with Gasteiger partial charge in [-0.2, -0.15) is 13.2 Å². The highest BCUT2D eigenvalue weighted by Gasteiger charge is 2.40. The van der Waals surface area contributed by atoms with E-state index in [4.69, 9.17) is 4.74 Å². The first kappa shape index (κ1) is 24.7. The van der Waals surface area contributed by atoms with Crippen molar-refractivity contribution in [1.82, 2.24) is 0 Å². The molecule has 0 aromatic heterocycles. The fraction of sp³-hybridized carbons (Fsp3) is 0.458. The maximum atomic E-state index is 14.3. The van der Waals surface area contributed by atoms with Gasteiger partial charge in [0.05, 0.1) is 23.5 Å². The molecule has 1 N–H and O–H groups in total. The molecule has 4 atom stereocenters. The number of hydrogen-bond donors (Lipinski definition) is 1. The van der Waals surface area contributed by atoms with Gasteiger partial charge >= 0.3 is 6.18 Å². The zero-order valence-electron chi connectivity index (χ0n) is 18.0. The quantitative estimate of drug-likeness (QED) is 0.428. The number of ether oxygens (including phenoxy) is 1. The van der Waals surface area contributed by atoms with Crippen molar-refractivity contribution in [2.45, 2.75) is 57.9 Å². The van der Waals surface area contributed by atoms with Gasteiger partial charge < -0.3 is 10.1 Å². The molecule has 0 aliphatic heterocycles. The van der Waals surface area contributed by atoms with Gasteiger partial charge in [0.1, 0.15) is 5.82 Å². The summed E-state index contributed by atoms with van der Waals surface area (Å²) in [6.45, 7) is 5.84. The second-order valence-electron chi connectivity index (χ2n) is 8.58. The molecule has 2 aromatic carbocycles. The standard InChI is InChI=1S/C24H26BrF4NO2/c1-13(2)32-18-11-19(15-4-7-17(25)8-5-15)14(3)20(12-18)23(31)30-22-9-6-16(10-21(22)26)24(27,28)29/h4-10,13-14,18-20H,11-12H2,1-3H3,(H,30,31)/t14-,18?,19?,20?/m1/s1. The Morgan fingerprint density at radius 2 is 1.78 bits per heavy atom. The molecule has 2 aromatic rings. The van der Waals surface area contributed by atoms with Gasteiger partial charge in [-0.25, -0.2) is 4.39 Å². The third-order valence-electron chi connectivity index (χ3n) is 5.96. The van der Waals surface area contributed by atoms with Crippen LogP contribution in [0.2, 0.25) is 0 Å². The Hall–Kier alpha value is -1.93. The molecule has 1 fully saturated rings. The Balaban J connectivity index is 1.83. The van der Waals surface area contributed by atoms with Gasteiger partial charge in [-0.15, -0.1) is 0 Å². The van der Waals surface area contributed by atoms with Gasteiger partial charge in [0.2, 0.25) is 5.91 Å². The van der Waals surface area contributed by atoms with E-state index in [1.54, 1.807) is 0 Å². The largest absolute Gasteiger partial charge is 0.416 e. The van der Waals surface area contributed by atoms with Crippen molar-refractivity contribution >= 4 is 27.5 Å². The van der Waals surface area contributed by atoms with Crippen LogP contribution in [-0.2, 0) is 15.7 Å². The van der Waals surface area contributed by atoms with Crippen LogP contribution in [0.1, 0.15) is 50.7 Å². The second kappa shape index (κ2) is 9.91. The van der Waals surface area contributed by atoms with Crippen molar-refractivity contribution in [3.05, 3.63) is 63.9 Å². The van der Waals surface area contributed by atoms with Crippen LogP contribution in [-0.4, -0.2) is 18.1 Å². The summed E-state index contributed by atoms with van der Waals surface area (Å²) in [6, 6.07) is 10.0. The number of carbonyl (C=O) groups is 1. The number of amides is 1. The summed E-state index contributed by atoms with van der Waals surface area (Å²) in [7, 11) is 0. The molecule has 0 bridgehead atoms. The summed E-state index contributed by atoms with van der Waals surface area (Å²) in [4.78, 5) is 13.1. The van der Waals surface area contributed by atoms with Crippen LogP contribution in [0.5, 0.6) is 0 Å². The highest BCUT2D eigenvalue weighted by atomic mass is 79.9. The molecule has 3 rings (SSSR count). The van der Waals surface area contributed by atoms with E-state index in [2.05, 4.69) is 21.2 Å². The number of hydrogen-bond acceptors (Lipinski definition) is 2. The van der Waals surface area contributed by atoms with E-state index in [-0.39, 0.29) is 29.7 Å². The predicted octanol–water partition coefficient (Wildman–Crippen LogP) is 7.17. The van der Waals surface area contributed by atoms with Crippen molar-refractivity contribution in [3.63, 3.8) is 0 Å². The minimum atomic E-state index is -4.65. The maximum absolute atomic E-state index is 14.3. The van der Waals surface area contributed by atoms with Crippen LogP contribution in [0.4, 0.5) is 23.2 Å². The first-order valence-corrected chi connectivity index (χ1v) is 11.3. The molecule has 3 nitrogen and oxygen atoms in total. The van der Waals surface area contributed by atoms with E-state index in [0.717, 1.165) is 28.6 Å². The number of anilines is 1. The first-order valence-electron chi connectivity index (χ1n) is 10.5. The van der Waals surface area contributed by atoms with Gasteiger partial charge in [0, 0.05) is 10.4 Å². The zero-order chi connectivity index (χ0) is 23.6. The zero-order valence-corrected chi connectivity index (χ0v) is 19.6. The Kier molecular flexibility index (Phi) is 7.65. The van der Waals surface area contributed by atoms with Gasteiger partial charge in [-0.05, 0) is 74.4 Å². The summed E-state index contributed by atoms with van der Waals surface area (Å²) in [5, 5.41) is 2.50. The summed E-state index contributed by atoms with van der Waals surface area (Å²) < 4.78 is 59.7. The van der Waals surface area contributed by atoms with Crippen LogP contribution in [0.3, 0.4) is 0 Å². The minimum Gasteiger partial charge on any atom is -0.376 e. The van der Waals surface area contributed by atoms with Crippen molar-refractivity contribution in [3.8, 4) is 0 Å². The lowest BCUT2D eigenvalue weighted by molar-refractivity contribution is -0.137. The molecule has 1 saturated carbocycles. The first-order chi connectivity index (χ1) is 15.0. The highest BCUT2D eigenvalue weighted by molar-refractivity contribution is 9.10. The molecular weight excluding hydrogens is 490 g/mol. The van der Waals surface area contributed by atoms with E-state index in [0.29, 0.717) is 12.5 Å². The molecular formula is C24H26BrF4NO2. The van der Waals surface area contributed by atoms with Gasteiger partial charge in [-0.1, -0.05) is 35.0 Å². The molecule has 0 spiro atoms. The van der Waals surface area contributed by atoms with E-state index in [9.17, 15) is 22.4 Å². The minimum absolute atomic E-state index is 0.0185. The van der Waals surface area contributed by atoms with E-state index in [1.807, 2.05) is 45.0 Å². The van der Waals surface area contributed by atoms with E-state index >= 15 is 0 Å². The average molecular weight is 516 g/mol. The molecule has 1 aliphatic rings. The van der Waals surface area contributed by atoms with Crippen LogP contribution in [0.25, 0.3) is 0 Å². The van der Waals surface area contributed by atoms with Gasteiger partial charge in [0.15, 0.2) is 0 Å². The van der Waals surface area contributed by atoms with Crippen molar-refractivity contribution < 1.29 is 27.1 Å². The van der Waals surface area contributed by atoms with Crippen molar-refractivity contribution in [2.24, 2.45) is 11.8 Å². The molecule has 8 heteroatoms. The van der Waals surface area contributed by atoms with Gasteiger partial charge in [-0.3, -0.25) is 4.79 Å². The lowest BCUT2D eigenvalue weighted by Gasteiger charge is -2.40. The third kappa shape index (κ3) is 5.90. The summed E-state index contributed by atoms with van der Waals surface area (Å²) in [5.74, 6) is -2.04. The number of alkyl halides is 3. The fourth-order valence-corrected chi connectivity index (χ4v) is 4.65. The molecule has 1 aliphatic carbocycles. The number of halogens is 5. The maximum Gasteiger partial charge on any atom is 0.416 e. The van der Waals surface area contributed by atoms with Crippen LogP contribution < -0.4 is 5.32 Å². The number of nitrogens with one attached hydrogen (secondary N) is 1. The van der Waals surface area contributed by atoms with Crippen molar-refractivity contribution in [2.75, 3.05) is 5.32 Å². The van der Waals surface area contributed by atoms with E-state index in [1.165, 1.54) is 0 Å². The SMILES string of the molecule is CC(C)OC1CC(C(=O)Nc2ccc(C(F)(F)F)cc2F)[C@H](C)C(c2ccc(Br)cc2)C1. The lowest BCUT2D eigenvalue weighted by atomic mass is 9.68. The van der Waals surface area contributed by atoms with Crippen LogP contribution >= 0.6 is 15.9 Å². The number of benzene rings is 2. The summed E-state index contributed by atoms with van der Waals surface area (Å²) >= 11 is 3.43. The predicted molar refractivity (Wildman–Crippen MR) is 119 cm³/mol. The average Bonchev–Trinajstić information content (AvgIpc) is 2.70. The Morgan fingerprint density at radius 1 is 1.12 bits per heavy atom. The molecule has 174 valence electrons. The molecule has 0 heterocycles. The van der Waals surface area contributed by atoms with Crippen LogP contribution in [0.15, 0.2) is 46.9 Å². The summed E-state index contributed by atoms with van der Waals surface area (Å²) in [5.41, 5.74) is -0.279. The number of rotatable bonds is 5. The fourth-order valence-electron chi connectivity index (χ4n) is 4.38. The number of carbonyl (C=O) groups excluding carboxylic acids is 1. The molecule has 3 unspecified atom stereocenters. The Labute approximate surface area is 193 Å². The summed E-state index contributed by atoms with van der Waals surface area (Å²) in [6.07, 6.45) is -3.62. The van der Waals surface area contributed by atoms with Crippen LogP contribution in [0, 0.1) is 17.7 Å². The topological polar surface area (TPSA) is 38.3 Å². The smallest absolute Gasteiger partial charge is 0.376 e. The van der Waals surface area contributed by atoms with Crippen molar-refractivity contribution in [1.29, 1.82) is 0 Å². The van der Waals surface area contributed by atoms with Gasteiger partial charge in [0.25, 0.3) is 0 Å². The molecule has 32 heavy (non-hydrogen) atoms. The normalized spacial score (nSPS) is 23.9. The highest BCUT2D eigenvalue weighted by Crippen LogP contribution is 2.43. The second-order valence-corrected chi connectivity index (χ2v) is 9.50. The molecule has 1 amide bonds. The van der Waals surface area contributed by atoms with E-state index < -0.39 is 29.4 Å². The lowest BCUT2D eigenvalue weighted by Crippen LogP contribution is -2.41.